The van der Waals surface area contributed by atoms with Crippen LogP contribution in [-0.2, 0) is 9.84 Å². The SMILES string of the molecule is CNc1nc(SCCS(C)(=O)=O)c2cn[nH]c2n1. The van der Waals surface area contributed by atoms with Gasteiger partial charge in [-0.25, -0.2) is 13.4 Å². The highest BCUT2D eigenvalue weighted by Gasteiger charge is 2.10. The smallest absolute Gasteiger partial charge is 0.225 e. The molecule has 0 atom stereocenters. The molecular weight excluding hydrogens is 274 g/mol. The van der Waals surface area contributed by atoms with E-state index < -0.39 is 9.84 Å². The molecule has 0 unspecified atom stereocenters. The van der Waals surface area contributed by atoms with Crippen molar-refractivity contribution in [1.82, 2.24) is 20.2 Å². The molecule has 18 heavy (non-hydrogen) atoms. The number of hydrogen-bond donors (Lipinski definition) is 2. The number of anilines is 1. The second kappa shape index (κ2) is 5.11. The maximum atomic E-state index is 11.1. The number of aromatic amines is 1. The standard InChI is InChI=1S/C9H13N5O2S2/c1-10-9-12-7-6(5-11-14-7)8(13-9)17-3-4-18(2,15)16/h5H,3-4H2,1-2H3,(H2,10,11,12,13,14). The first-order valence-electron chi connectivity index (χ1n) is 5.19. The zero-order chi connectivity index (χ0) is 13.2. The Balaban J connectivity index is 2.23. The van der Waals surface area contributed by atoms with E-state index in [0.717, 1.165) is 10.4 Å². The van der Waals surface area contributed by atoms with Crippen LogP contribution in [0, 0.1) is 0 Å². The van der Waals surface area contributed by atoms with Crippen LogP contribution < -0.4 is 5.32 Å². The average molecular weight is 287 g/mol. The van der Waals surface area contributed by atoms with Gasteiger partial charge in [-0.1, -0.05) is 0 Å². The molecule has 0 fully saturated rings. The number of nitrogens with zero attached hydrogens (tertiary/aromatic N) is 3. The monoisotopic (exact) mass is 287 g/mol. The van der Waals surface area contributed by atoms with Gasteiger partial charge in [0.05, 0.1) is 17.3 Å². The number of rotatable bonds is 5. The van der Waals surface area contributed by atoms with E-state index in [1.165, 1.54) is 18.0 Å². The van der Waals surface area contributed by atoms with Gasteiger partial charge in [0.25, 0.3) is 0 Å². The van der Waals surface area contributed by atoms with Gasteiger partial charge in [-0.05, 0) is 0 Å². The minimum Gasteiger partial charge on any atom is -0.357 e. The highest BCUT2D eigenvalue weighted by Crippen LogP contribution is 2.25. The highest BCUT2D eigenvalue weighted by molar-refractivity contribution is 8.00. The summed E-state index contributed by atoms with van der Waals surface area (Å²) >= 11 is 1.38. The Kier molecular flexibility index (Phi) is 3.71. The van der Waals surface area contributed by atoms with Gasteiger partial charge >= 0.3 is 0 Å². The van der Waals surface area contributed by atoms with Crippen LogP contribution in [0.1, 0.15) is 0 Å². The van der Waals surface area contributed by atoms with Gasteiger partial charge in [0.1, 0.15) is 14.9 Å². The second-order valence-corrected chi connectivity index (χ2v) is 7.06. The van der Waals surface area contributed by atoms with Gasteiger partial charge in [-0.15, -0.1) is 11.8 Å². The van der Waals surface area contributed by atoms with Crippen LogP contribution in [0.25, 0.3) is 11.0 Å². The highest BCUT2D eigenvalue weighted by atomic mass is 32.2. The van der Waals surface area contributed by atoms with Crippen LogP contribution in [0.3, 0.4) is 0 Å². The molecular formula is C9H13N5O2S2. The molecule has 0 aliphatic carbocycles. The Morgan fingerprint density at radius 2 is 2.22 bits per heavy atom. The van der Waals surface area contributed by atoms with Crippen molar-refractivity contribution in [2.75, 3.05) is 30.1 Å². The van der Waals surface area contributed by atoms with Gasteiger partial charge in [-0.2, -0.15) is 10.1 Å². The number of nitrogens with one attached hydrogen (secondary N) is 2. The predicted octanol–water partition coefficient (Wildman–Crippen LogP) is 0.531. The van der Waals surface area contributed by atoms with Gasteiger partial charge in [0, 0.05) is 19.1 Å². The predicted molar refractivity (Wildman–Crippen MR) is 71.7 cm³/mol. The first-order chi connectivity index (χ1) is 8.49. The second-order valence-electron chi connectivity index (χ2n) is 3.71. The number of hydrogen-bond acceptors (Lipinski definition) is 7. The van der Waals surface area contributed by atoms with Gasteiger partial charge in [0.2, 0.25) is 5.95 Å². The maximum absolute atomic E-state index is 11.1. The molecule has 0 spiro atoms. The van der Waals surface area contributed by atoms with E-state index in [9.17, 15) is 8.42 Å². The Morgan fingerprint density at radius 1 is 1.44 bits per heavy atom. The van der Waals surface area contributed by atoms with Crippen LogP contribution >= 0.6 is 11.8 Å². The van der Waals surface area contributed by atoms with E-state index in [1.807, 2.05) is 0 Å². The third kappa shape index (κ3) is 3.10. The average Bonchev–Trinajstić information content (AvgIpc) is 2.75. The molecule has 0 aliphatic rings. The molecule has 2 heterocycles. The summed E-state index contributed by atoms with van der Waals surface area (Å²) in [6, 6.07) is 0. The molecule has 2 N–H and O–H groups in total. The van der Waals surface area contributed by atoms with Crippen LogP contribution in [0.2, 0.25) is 0 Å². The zero-order valence-corrected chi connectivity index (χ0v) is 11.6. The number of H-pyrrole nitrogens is 1. The molecule has 2 aromatic rings. The van der Waals surface area contributed by atoms with Gasteiger partial charge in [-0.3, -0.25) is 5.10 Å². The Bertz CT molecular complexity index is 652. The topological polar surface area (TPSA) is 101 Å². The molecule has 0 radical (unpaired) electrons. The lowest BCUT2D eigenvalue weighted by Gasteiger charge is -2.04. The molecule has 98 valence electrons. The van der Waals surface area contributed by atoms with E-state index in [0.29, 0.717) is 17.3 Å². The molecule has 2 aromatic heterocycles. The minimum absolute atomic E-state index is 0.121. The van der Waals surface area contributed by atoms with Crippen molar-refractivity contribution >= 4 is 38.6 Å². The van der Waals surface area contributed by atoms with Gasteiger partial charge in [0.15, 0.2) is 5.65 Å². The lowest BCUT2D eigenvalue weighted by atomic mass is 10.4. The van der Waals surface area contributed by atoms with Crippen LogP contribution in [0.15, 0.2) is 11.2 Å². The van der Waals surface area contributed by atoms with Crippen LogP contribution in [0.5, 0.6) is 0 Å². The molecule has 9 heteroatoms. The number of fused-ring (bicyclic) bond motifs is 1. The van der Waals surface area contributed by atoms with E-state index in [4.69, 9.17) is 0 Å². The fourth-order valence-electron chi connectivity index (χ4n) is 1.32. The van der Waals surface area contributed by atoms with Crippen molar-refractivity contribution in [3.8, 4) is 0 Å². The fraction of sp³-hybridized carbons (Fsp3) is 0.444. The number of sulfone groups is 1. The minimum atomic E-state index is -2.95. The maximum Gasteiger partial charge on any atom is 0.225 e. The lowest BCUT2D eigenvalue weighted by Crippen LogP contribution is -2.05. The molecule has 2 rings (SSSR count). The molecule has 0 bridgehead atoms. The van der Waals surface area contributed by atoms with E-state index in [-0.39, 0.29) is 5.75 Å². The quantitative estimate of drug-likeness (QED) is 0.611. The summed E-state index contributed by atoms with van der Waals surface area (Å²) in [5, 5.41) is 11.1. The molecule has 0 aromatic carbocycles. The van der Waals surface area contributed by atoms with Crippen molar-refractivity contribution in [1.29, 1.82) is 0 Å². The normalized spacial score (nSPS) is 11.9. The van der Waals surface area contributed by atoms with Crippen molar-refractivity contribution in [2.45, 2.75) is 5.03 Å². The van der Waals surface area contributed by atoms with Crippen molar-refractivity contribution < 1.29 is 8.42 Å². The largest absolute Gasteiger partial charge is 0.357 e. The summed E-state index contributed by atoms with van der Waals surface area (Å²) in [5.74, 6) is 1.06. The molecule has 0 saturated heterocycles. The first kappa shape index (κ1) is 13.1. The summed E-state index contributed by atoms with van der Waals surface area (Å²) < 4.78 is 22.2. The Morgan fingerprint density at radius 3 is 2.89 bits per heavy atom. The van der Waals surface area contributed by atoms with E-state index in [1.54, 1.807) is 13.2 Å². The number of thioether (sulfide) groups is 1. The summed E-state index contributed by atoms with van der Waals surface area (Å²) in [6.07, 6.45) is 2.86. The molecule has 0 saturated carbocycles. The van der Waals surface area contributed by atoms with Crippen molar-refractivity contribution in [2.24, 2.45) is 0 Å². The summed E-state index contributed by atoms with van der Waals surface area (Å²) in [7, 11) is -1.23. The molecule has 0 aliphatic heterocycles. The fourth-order valence-corrected chi connectivity index (χ4v) is 3.51. The lowest BCUT2D eigenvalue weighted by molar-refractivity contribution is 0.603. The summed E-state index contributed by atoms with van der Waals surface area (Å²) in [5.41, 5.74) is 0.635. The van der Waals surface area contributed by atoms with Crippen LogP contribution in [-0.4, -0.2) is 53.4 Å². The molecule has 0 amide bonds. The van der Waals surface area contributed by atoms with E-state index >= 15 is 0 Å². The third-order valence-electron chi connectivity index (χ3n) is 2.19. The van der Waals surface area contributed by atoms with Crippen LogP contribution in [0.4, 0.5) is 5.95 Å². The van der Waals surface area contributed by atoms with Crippen molar-refractivity contribution in [3.63, 3.8) is 0 Å². The summed E-state index contributed by atoms with van der Waals surface area (Å²) in [6.45, 7) is 0. The van der Waals surface area contributed by atoms with Gasteiger partial charge < -0.3 is 5.32 Å². The Hall–Kier alpha value is -1.35. The zero-order valence-electron chi connectivity index (χ0n) is 9.97. The summed E-state index contributed by atoms with van der Waals surface area (Å²) in [4.78, 5) is 8.50. The first-order valence-corrected chi connectivity index (χ1v) is 8.23. The third-order valence-corrected chi connectivity index (χ3v) is 4.39. The molecule has 7 nitrogen and oxygen atoms in total. The van der Waals surface area contributed by atoms with Crippen molar-refractivity contribution in [3.05, 3.63) is 6.20 Å². The van der Waals surface area contributed by atoms with E-state index in [2.05, 4.69) is 25.5 Å². The Labute approximate surface area is 109 Å². The number of aromatic nitrogens is 4.